The van der Waals surface area contributed by atoms with Gasteiger partial charge in [-0.05, 0) is 42.4 Å². The number of ether oxygens (including phenoxy) is 1. The smallest absolute Gasteiger partial charge is 0.0700 e. The van der Waals surface area contributed by atoms with Crippen molar-refractivity contribution in [1.29, 1.82) is 5.26 Å². The van der Waals surface area contributed by atoms with Gasteiger partial charge in [0.15, 0.2) is 0 Å². The molecular weight excluding hydrogens is 322 g/mol. The van der Waals surface area contributed by atoms with Crippen molar-refractivity contribution in [3.63, 3.8) is 0 Å². The van der Waals surface area contributed by atoms with E-state index in [9.17, 15) is 0 Å². The van der Waals surface area contributed by atoms with Crippen LogP contribution in [0, 0.1) is 23.2 Å². The van der Waals surface area contributed by atoms with Gasteiger partial charge in [-0.25, -0.2) is 0 Å². The molecule has 0 aliphatic heterocycles. The Balaban J connectivity index is 1.85. The zero-order chi connectivity index (χ0) is 16.4. The first kappa shape index (κ1) is 16.6. The average molecular weight is 344 g/mol. The Labute approximate surface area is 147 Å². The Morgan fingerprint density at radius 3 is 2.78 bits per heavy atom. The first-order valence-electron chi connectivity index (χ1n) is 7.96. The summed E-state index contributed by atoms with van der Waals surface area (Å²) in [4.78, 5) is 3.57. The number of methoxy groups -OCH3 is 1. The maximum Gasteiger partial charge on any atom is 0.0700 e. The van der Waals surface area contributed by atoms with Gasteiger partial charge in [-0.15, -0.1) is 24.0 Å². The van der Waals surface area contributed by atoms with Gasteiger partial charge in [0.1, 0.15) is 0 Å². The molecule has 0 spiro atoms. The van der Waals surface area contributed by atoms with E-state index < -0.39 is 0 Å². The summed E-state index contributed by atoms with van der Waals surface area (Å²) in [7, 11) is 1.79. The molecule has 23 heavy (non-hydrogen) atoms. The number of nitriles is 1. The van der Waals surface area contributed by atoms with E-state index in [1.807, 2.05) is 6.08 Å². The van der Waals surface area contributed by atoms with Crippen LogP contribution in [0.3, 0.4) is 0 Å². The van der Waals surface area contributed by atoms with Crippen LogP contribution >= 0.6 is 24.0 Å². The van der Waals surface area contributed by atoms with E-state index in [1.165, 1.54) is 20.9 Å². The lowest BCUT2D eigenvalue weighted by Crippen LogP contribution is -2.19. The van der Waals surface area contributed by atoms with Gasteiger partial charge < -0.3 is 4.74 Å². The minimum Gasteiger partial charge on any atom is -0.381 e. The van der Waals surface area contributed by atoms with Crippen LogP contribution in [0.25, 0.3) is 11.1 Å². The van der Waals surface area contributed by atoms with Crippen LogP contribution in [0.1, 0.15) is 35.9 Å². The van der Waals surface area contributed by atoms with Gasteiger partial charge in [0, 0.05) is 21.8 Å². The maximum atomic E-state index is 8.98. The molecular formula is C19H21NOS2. The summed E-state index contributed by atoms with van der Waals surface area (Å²) >= 11 is 6.51. The molecule has 0 amide bonds. The van der Waals surface area contributed by atoms with Crippen molar-refractivity contribution in [3.05, 3.63) is 40.1 Å². The Morgan fingerprint density at radius 2 is 2.17 bits per heavy atom. The standard InChI is InChI=1S/C19H21NOS2/c1-12-9-15(21-2)7-8-16(12)19-17(22)10-18(23-19)14-5-3-13(11-20)4-6-14/h3,5-6,8,10,12-13,15,22H,4,7,9H2,1-2H3. The highest BCUT2D eigenvalue weighted by Gasteiger charge is 2.24. The fourth-order valence-electron chi connectivity index (χ4n) is 3.22. The zero-order valence-electron chi connectivity index (χ0n) is 13.5. The number of rotatable bonds is 3. The average Bonchev–Trinajstić information content (AvgIpc) is 2.96. The molecule has 2 nitrogen and oxygen atoms in total. The van der Waals surface area contributed by atoms with Crippen molar-refractivity contribution < 1.29 is 4.74 Å². The van der Waals surface area contributed by atoms with Gasteiger partial charge in [0.2, 0.25) is 0 Å². The number of thiophene rings is 1. The Bertz CT molecular complexity index is 720. The van der Waals surface area contributed by atoms with Gasteiger partial charge in [-0.1, -0.05) is 31.2 Å². The second kappa shape index (κ2) is 7.09. The van der Waals surface area contributed by atoms with Gasteiger partial charge in [0.05, 0.1) is 18.1 Å². The first-order chi connectivity index (χ1) is 11.1. The normalized spacial score (nSPS) is 27.3. The van der Waals surface area contributed by atoms with Crippen molar-refractivity contribution in [3.8, 4) is 6.07 Å². The zero-order valence-corrected chi connectivity index (χ0v) is 15.2. The Hall–Kier alpha value is -1.28. The molecule has 0 radical (unpaired) electrons. The van der Waals surface area contributed by atoms with Gasteiger partial charge in [-0.2, -0.15) is 5.26 Å². The number of nitrogens with zero attached hydrogens (tertiary/aromatic N) is 1. The lowest BCUT2D eigenvalue weighted by Gasteiger charge is -2.26. The highest BCUT2D eigenvalue weighted by Crippen LogP contribution is 2.42. The van der Waals surface area contributed by atoms with Crippen LogP contribution in [0.4, 0.5) is 0 Å². The van der Waals surface area contributed by atoms with Crippen LogP contribution in [-0.2, 0) is 4.74 Å². The largest absolute Gasteiger partial charge is 0.381 e. The summed E-state index contributed by atoms with van der Waals surface area (Å²) in [5.74, 6) is 0.505. The van der Waals surface area contributed by atoms with Gasteiger partial charge in [-0.3, -0.25) is 0 Å². The molecule has 0 saturated carbocycles. The lowest BCUT2D eigenvalue weighted by molar-refractivity contribution is 0.0871. The SMILES string of the molecule is COC1CC=C(c2sc(C3=CCC(C#N)C=C3)cc2S)C(C)C1. The van der Waals surface area contributed by atoms with Crippen molar-refractivity contribution in [2.24, 2.45) is 11.8 Å². The third-order valence-corrected chi connectivity index (χ3v) is 6.34. The second-order valence-electron chi connectivity index (χ2n) is 6.20. The van der Waals surface area contributed by atoms with Crippen LogP contribution < -0.4 is 0 Å². The molecule has 4 heteroatoms. The van der Waals surface area contributed by atoms with Crippen molar-refractivity contribution >= 4 is 35.1 Å². The summed E-state index contributed by atoms with van der Waals surface area (Å²) in [5, 5.41) is 8.98. The van der Waals surface area contributed by atoms with Gasteiger partial charge >= 0.3 is 0 Å². The molecule has 0 saturated heterocycles. The van der Waals surface area contributed by atoms with Crippen LogP contribution in [0.5, 0.6) is 0 Å². The number of allylic oxidation sites excluding steroid dienone is 5. The van der Waals surface area contributed by atoms with E-state index in [0.29, 0.717) is 12.0 Å². The maximum absolute atomic E-state index is 8.98. The summed E-state index contributed by atoms with van der Waals surface area (Å²) in [6.07, 6.45) is 11.7. The Kier molecular flexibility index (Phi) is 5.11. The molecule has 2 aliphatic carbocycles. The van der Waals surface area contributed by atoms with Crippen LogP contribution in [-0.4, -0.2) is 13.2 Å². The molecule has 3 unspecified atom stereocenters. The quantitative estimate of drug-likeness (QED) is 0.751. The summed E-state index contributed by atoms with van der Waals surface area (Å²) in [6.45, 7) is 2.26. The van der Waals surface area contributed by atoms with E-state index in [-0.39, 0.29) is 5.92 Å². The molecule has 1 heterocycles. The van der Waals surface area contributed by atoms with Gasteiger partial charge in [0.25, 0.3) is 0 Å². The second-order valence-corrected chi connectivity index (χ2v) is 7.74. The monoisotopic (exact) mass is 343 g/mol. The highest BCUT2D eigenvalue weighted by molar-refractivity contribution is 7.80. The van der Waals surface area contributed by atoms with Crippen LogP contribution in [0.2, 0.25) is 0 Å². The summed E-state index contributed by atoms with van der Waals surface area (Å²) < 4.78 is 5.49. The molecule has 0 bridgehead atoms. The van der Waals surface area contributed by atoms with Crippen LogP contribution in [0.15, 0.2) is 35.3 Å². The Morgan fingerprint density at radius 1 is 1.35 bits per heavy atom. The summed E-state index contributed by atoms with van der Waals surface area (Å²) in [5.41, 5.74) is 2.61. The number of hydrogen-bond donors (Lipinski definition) is 1. The molecule has 1 aromatic rings. The minimum atomic E-state index is 0.0145. The molecule has 0 fully saturated rings. The molecule has 120 valence electrons. The predicted molar refractivity (Wildman–Crippen MR) is 99.6 cm³/mol. The van der Waals surface area contributed by atoms with E-state index in [0.717, 1.165) is 24.2 Å². The first-order valence-corrected chi connectivity index (χ1v) is 9.23. The lowest BCUT2D eigenvalue weighted by atomic mass is 9.86. The van der Waals surface area contributed by atoms with Crippen molar-refractivity contribution in [1.82, 2.24) is 0 Å². The molecule has 1 aromatic heterocycles. The van der Waals surface area contributed by atoms with E-state index in [2.05, 4.69) is 37.3 Å². The van der Waals surface area contributed by atoms with E-state index in [4.69, 9.17) is 22.6 Å². The molecule has 2 aliphatic rings. The fourth-order valence-corrected chi connectivity index (χ4v) is 4.93. The van der Waals surface area contributed by atoms with Crippen molar-refractivity contribution in [2.75, 3.05) is 7.11 Å². The third kappa shape index (κ3) is 3.47. The number of hydrogen-bond acceptors (Lipinski definition) is 4. The highest BCUT2D eigenvalue weighted by atomic mass is 32.1. The summed E-state index contributed by atoms with van der Waals surface area (Å²) in [6, 6.07) is 4.45. The number of thiol groups is 1. The fraction of sp³-hybridized carbons (Fsp3) is 0.421. The van der Waals surface area contributed by atoms with E-state index >= 15 is 0 Å². The molecule has 3 rings (SSSR count). The molecule has 0 aromatic carbocycles. The minimum absolute atomic E-state index is 0.0145. The molecule has 3 atom stereocenters. The predicted octanol–water partition coefficient (Wildman–Crippen LogP) is 5.35. The van der Waals surface area contributed by atoms with E-state index in [1.54, 1.807) is 18.4 Å². The topological polar surface area (TPSA) is 33.0 Å². The third-order valence-electron chi connectivity index (χ3n) is 4.61. The van der Waals surface area contributed by atoms with Crippen molar-refractivity contribution in [2.45, 2.75) is 37.2 Å². The molecule has 0 N–H and O–H groups in total.